The molecule has 22 heavy (non-hydrogen) atoms. The molecule has 0 aliphatic heterocycles. The lowest BCUT2D eigenvalue weighted by Crippen LogP contribution is -2.26. The minimum absolute atomic E-state index is 0.214. The zero-order valence-electron chi connectivity index (χ0n) is 12.4. The van der Waals surface area contributed by atoms with Gasteiger partial charge < -0.3 is 9.47 Å². The number of hydrogen-bond donors (Lipinski definition) is 1. The molecule has 0 aliphatic rings. The van der Waals surface area contributed by atoms with Gasteiger partial charge in [-0.3, -0.25) is 0 Å². The van der Waals surface area contributed by atoms with Crippen LogP contribution < -0.4 is 9.46 Å². The molecule has 0 saturated heterocycles. The third kappa shape index (κ3) is 4.51. The van der Waals surface area contributed by atoms with Crippen molar-refractivity contribution in [3.05, 3.63) is 40.3 Å². The summed E-state index contributed by atoms with van der Waals surface area (Å²) in [6.07, 6.45) is 0.537. The Hall–Kier alpha value is -1.48. The largest absolute Gasteiger partial charge is 0.497 e. The maximum Gasteiger partial charge on any atom is 0.240 e. The quantitative estimate of drug-likeness (QED) is 0.792. The fourth-order valence-electron chi connectivity index (χ4n) is 1.81. The maximum atomic E-state index is 12.1. The Morgan fingerprint density at radius 1 is 1.23 bits per heavy atom. The minimum atomic E-state index is -3.51. The molecule has 0 bridgehead atoms. The van der Waals surface area contributed by atoms with Gasteiger partial charge in [-0.05, 0) is 24.3 Å². The molecule has 1 N–H and O–H groups in total. The molecule has 0 aliphatic carbocycles. The van der Waals surface area contributed by atoms with Crippen molar-refractivity contribution < 1.29 is 17.9 Å². The molecule has 2 rings (SSSR count). The monoisotopic (exact) mass is 342 g/mol. The molecular weight excluding hydrogens is 324 g/mol. The second-order valence-electron chi connectivity index (χ2n) is 4.49. The first-order chi connectivity index (χ1) is 10.5. The first-order valence-electron chi connectivity index (χ1n) is 6.61. The highest BCUT2D eigenvalue weighted by molar-refractivity contribution is 7.89. The summed E-state index contributed by atoms with van der Waals surface area (Å²) >= 11 is 1.51. The second-order valence-corrected chi connectivity index (χ2v) is 7.20. The molecule has 0 saturated carbocycles. The third-order valence-corrected chi connectivity index (χ3v) is 5.26. The molecule has 0 spiro atoms. The summed E-state index contributed by atoms with van der Waals surface area (Å²) in [5, 5.41) is 2.80. The molecular formula is C14H18N2O4S2. The minimum Gasteiger partial charge on any atom is -0.497 e. The van der Waals surface area contributed by atoms with Crippen molar-refractivity contribution in [3.63, 3.8) is 0 Å². The van der Waals surface area contributed by atoms with E-state index in [1.807, 2.05) is 5.38 Å². The zero-order valence-corrected chi connectivity index (χ0v) is 14.0. The number of methoxy groups -OCH3 is 2. The number of hydrogen-bond acceptors (Lipinski definition) is 6. The Balaban J connectivity index is 1.91. The number of aromatic nitrogens is 1. The summed E-state index contributed by atoms with van der Waals surface area (Å²) < 4.78 is 36.9. The van der Waals surface area contributed by atoms with Crippen LogP contribution in [0.15, 0.2) is 34.5 Å². The van der Waals surface area contributed by atoms with E-state index in [1.165, 1.54) is 30.6 Å². The van der Waals surface area contributed by atoms with Crippen LogP contribution in [0.3, 0.4) is 0 Å². The van der Waals surface area contributed by atoms with Crippen molar-refractivity contribution in [3.8, 4) is 5.75 Å². The van der Waals surface area contributed by atoms with Gasteiger partial charge in [0.2, 0.25) is 10.0 Å². The molecule has 0 amide bonds. The Bertz CT molecular complexity index is 696. The highest BCUT2D eigenvalue weighted by Crippen LogP contribution is 2.15. The van der Waals surface area contributed by atoms with Crippen LogP contribution in [0.25, 0.3) is 0 Å². The number of benzene rings is 1. The van der Waals surface area contributed by atoms with Gasteiger partial charge in [-0.15, -0.1) is 11.3 Å². The predicted octanol–water partition coefficient (Wildman–Crippen LogP) is 1.82. The Morgan fingerprint density at radius 2 is 1.95 bits per heavy atom. The van der Waals surface area contributed by atoms with Crippen molar-refractivity contribution in [2.45, 2.75) is 17.9 Å². The Morgan fingerprint density at radius 3 is 2.59 bits per heavy atom. The average Bonchev–Trinajstić information content (AvgIpc) is 2.95. The number of thiazole rings is 1. The van der Waals surface area contributed by atoms with Crippen LogP contribution in [0.2, 0.25) is 0 Å². The van der Waals surface area contributed by atoms with Crippen LogP contribution in [-0.4, -0.2) is 34.2 Å². The van der Waals surface area contributed by atoms with Crippen LogP contribution in [0.5, 0.6) is 5.75 Å². The summed E-state index contributed by atoms with van der Waals surface area (Å²) in [7, 11) is -0.363. The highest BCUT2D eigenvalue weighted by atomic mass is 32.2. The molecule has 0 radical (unpaired) electrons. The van der Waals surface area contributed by atoms with E-state index in [9.17, 15) is 8.42 Å². The summed E-state index contributed by atoms with van der Waals surface area (Å²) in [6.45, 7) is 0.771. The topological polar surface area (TPSA) is 77.5 Å². The molecule has 1 heterocycles. The number of nitrogens with zero attached hydrogens (tertiary/aromatic N) is 1. The first-order valence-corrected chi connectivity index (χ1v) is 8.97. The molecule has 2 aromatic rings. The first kappa shape index (κ1) is 16.9. The number of sulfonamides is 1. The lowest BCUT2D eigenvalue weighted by molar-refractivity contribution is 0.184. The van der Waals surface area contributed by atoms with Gasteiger partial charge >= 0.3 is 0 Å². The summed E-state index contributed by atoms with van der Waals surface area (Å²) in [5.41, 5.74) is 0.856. The van der Waals surface area contributed by atoms with E-state index >= 15 is 0 Å². The fraction of sp³-hybridized carbons (Fsp3) is 0.357. The van der Waals surface area contributed by atoms with Gasteiger partial charge in [0, 0.05) is 25.5 Å². The van der Waals surface area contributed by atoms with Crippen molar-refractivity contribution >= 4 is 21.4 Å². The van der Waals surface area contributed by atoms with Gasteiger partial charge in [-0.2, -0.15) is 0 Å². The Labute approximate surface area is 134 Å². The molecule has 0 fully saturated rings. The lowest BCUT2D eigenvalue weighted by atomic mass is 10.3. The van der Waals surface area contributed by atoms with E-state index in [-0.39, 0.29) is 4.90 Å². The van der Waals surface area contributed by atoms with E-state index < -0.39 is 10.0 Å². The van der Waals surface area contributed by atoms with Gasteiger partial charge in [0.25, 0.3) is 0 Å². The fourth-order valence-corrected chi connectivity index (χ4v) is 3.64. The molecule has 0 unspecified atom stereocenters. The summed E-state index contributed by atoms with van der Waals surface area (Å²) in [6, 6.07) is 6.26. The summed E-state index contributed by atoms with van der Waals surface area (Å²) in [4.78, 5) is 4.57. The van der Waals surface area contributed by atoms with Gasteiger partial charge in [-0.1, -0.05) is 0 Å². The van der Waals surface area contributed by atoms with Crippen LogP contribution in [0.1, 0.15) is 10.7 Å². The smallest absolute Gasteiger partial charge is 0.240 e. The van der Waals surface area contributed by atoms with E-state index in [1.54, 1.807) is 19.2 Å². The molecule has 120 valence electrons. The standard InChI is InChI=1S/C14H18N2O4S2/c1-19-9-14-16-11(10-21-14)7-8-15-22(17,18)13-5-3-12(20-2)4-6-13/h3-6,10,15H,7-9H2,1-2H3. The van der Waals surface area contributed by atoms with Crippen LogP contribution in [0.4, 0.5) is 0 Å². The van der Waals surface area contributed by atoms with E-state index in [4.69, 9.17) is 9.47 Å². The van der Waals surface area contributed by atoms with Crippen molar-refractivity contribution in [2.75, 3.05) is 20.8 Å². The van der Waals surface area contributed by atoms with E-state index in [0.717, 1.165) is 10.7 Å². The highest BCUT2D eigenvalue weighted by Gasteiger charge is 2.13. The average molecular weight is 342 g/mol. The van der Waals surface area contributed by atoms with Crippen LogP contribution >= 0.6 is 11.3 Å². The second kappa shape index (κ2) is 7.68. The van der Waals surface area contributed by atoms with Crippen molar-refractivity contribution in [1.82, 2.24) is 9.71 Å². The third-order valence-electron chi connectivity index (χ3n) is 2.91. The van der Waals surface area contributed by atoms with E-state index in [0.29, 0.717) is 25.3 Å². The maximum absolute atomic E-state index is 12.1. The Kier molecular flexibility index (Phi) is 5.90. The molecule has 8 heteroatoms. The molecule has 0 atom stereocenters. The summed E-state index contributed by atoms with van der Waals surface area (Å²) in [5.74, 6) is 0.618. The SMILES string of the molecule is COCc1nc(CCNS(=O)(=O)c2ccc(OC)cc2)cs1. The number of nitrogens with one attached hydrogen (secondary N) is 1. The zero-order chi connectivity index (χ0) is 16.0. The van der Waals surface area contributed by atoms with E-state index in [2.05, 4.69) is 9.71 Å². The van der Waals surface area contributed by atoms with Crippen LogP contribution in [0, 0.1) is 0 Å². The van der Waals surface area contributed by atoms with Gasteiger partial charge in [0.1, 0.15) is 10.8 Å². The molecule has 1 aromatic carbocycles. The number of rotatable bonds is 8. The van der Waals surface area contributed by atoms with Gasteiger partial charge in [0.05, 0.1) is 24.3 Å². The van der Waals surface area contributed by atoms with Gasteiger partial charge in [0.15, 0.2) is 0 Å². The molecule has 1 aromatic heterocycles. The van der Waals surface area contributed by atoms with Crippen LogP contribution in [-0.2, 0) is 27.8 Å². The van der Waals surface area contributed by atoms with Crippen molar-refractivity contribution in [1.29, 1.82) is 0 Å². The number of ether oxygens (including phenoxy) is 2. The normalized spacial score (nSPS) is 11.5. The predicted molar refractivity (Wildman–Crippen MR) is 84.7 cm³/mol. The molecule has 6 nitrogen and oxygen atoms in total. The van der Waals surface area contributed by atoms with Crippen molar-refractivity contribution in [2.24, 2.45) is 0 Å². The lowest BCUT2D eigenvalue weighted by Gasteiger charge is -2.06. The van der Waals surface area contributed by atoms with Gasteiger partial charge in [-0.25, -0.2) is 18.1 Å².